The minimum atomic E-state index is -4.45. The van der Waals surface area contributed by atoms with Gasteiger partial charge >= 0.3 is 13.6 Å². The topological polar surface area (TPSA) is 148 Å². The number of methoxy groups -OCH3 is 1. The Morgan fingerprint density at radius 3 is 2.47 bits per heavy atom. The van der Waals surface area contributed by atoms with Crippen molar-refractivity contribution in [2.24, 2.45) is 11.7 Å². The van der Waals surface area contributed by atoms with Crippen LogP contribution in [0.1, 0.15) is 45.1 Å². The van der Waals surface area contributed by atoms with E-state index in [4.69, 9.17) is 15.0 Å². The molecule has 5 N–H and O–H groups in total. The normalized spacial score (nSPS) is 15.3. The summed E-state index contributed by atoms with van der Waals surface area (Å²) >= 11 is 0. The summed E-state index contributed by atoms with van der Waals surface area (Å²) < 4.78 is 23.2. The second-order valence-electron chi connectivity index (χ2n) is 7.35. The summed E-state index contributed by atoms with van der Waals surface area (Å²) in [5, 5.41) is 11.9. The third-order valence-corrected chi connectivity index (χ3v) is 6.56. The maximum Gasteiger partial charge on any atom is 0.351 e. The lowest BCUT2D eigenvalue weighted by atomic mass is 10.1. The van der Waals surface area contributed by atoms with Crippen molar-refractivity contribution in [3.8, 4) is 5.75 Å². The molecular weight excluding hydrogens is 411 g/mol. The van der Waals surface area contributed by atoms with Gasteiger partial charge in [0.25, 0.3) is 0 Å². The number of benzene rings is 1. The monoisotopic (exact) mass is 444 g/mol. The van der Waals surface area contributed by atoms with Gasteiger partial charge < -0.3 is 25.8 Å². The molecule has 0 aliphatic rings. The maximum atomic E-state index is 12.8. The summed E-state index contributed by atoms with van der Waals surface area (Å²) in [6, 6.07) is 7.28. The van der Waals surface area contributed by atoms with Crippen molar-refractivity contribution in [2.75, 3.05) is 13.7 Å². The van der Waals surface area contributed by atoms with Crippen LogP contribution in [0.25, 0.3) is 0 Å². The molecule has 0 heterocycles. The first-order valence-corrected chi connectivity index (χ1v) is 11.6. The molecule has 0 saturated carbocycles. The summed E-state index contributed by atoms with van der Waals surface area (Å²) in [4.78, 5) is 34.3. The second-order valence-corrected chi connectivity index (χ2v) is 9.24. The fourth-order valence-electron chi connectivity index (χ4n) is 2.96. The molecule has 0 aromatic heterocycles. The van der Waals surface area contributed by atoms with Gasteiger partial charge in [0.05, 0.1) is 7.11 Å². The van der Waals surface area contributed by atoms with E-state index in [1.807, 2.05) is 18.2 Å². The number of carbonyl (C=O) groups is 2. The van der Waals surface area contributed by atoms with Crippen LogP contribution in [0.2, 0.25) is 0 Å². The zero-order valence-electron chi connectivity index (χ0n) is 17.7. The number of hydrogen-bond donors (Lipinski definition) is 4. The van der Waals surface area contributed by atoms with E-state index in [-0.39, 0.29) is 12.8 Å². The third kappa shape index (κ3) is 8.44. The van der Waals surface area contributed by atoms with Gasteiger partial charge in [0, 0.05) is 6.42 Å². The van der Waals surface area contributed by atoms with E-state index in [0.29, 0.717) is 31.6 Å². The minimum Gasteiger partial charge on any atom is -0.496 e. The first kappa shape index (κ1) is 26.1. The molecule has 0 saturated heterocycles. The van der Waals surface area contributed by atoms with Crippen molar-refractivity contribution in [3.63, 3.8) is 0 Å². The molecule has 3 atom stereocenters. The van der Waals surface area contributed by atoms with E-state index in [0.717, 1.165) is 5.56 Å². The zero-order valence-corrected chi connectivity index (χ0v) is 18.6. The number of rotatable bonds is 14. The average molecular weight is 444 g/mol. The Labute approximate surface area is 177 Å². The third-order valence-electron chi connectivity index (χ3n) is 4.58. The molecule has 30 heavy (non-hydrogen) atoms. The SMILES string of the molecule is COc1ccccc1CCC(=O)N[C@H](C(C)C)P(=O)(O)OC(CCCCN)C(=O)O. The molecule has 0 bridgehead atoms. The molecule has 0 radical (unpaired) electrons. The summed E-state index contributed by atoms with van der Waals surface area (Å²) in [7, 11) is -2.91. The molecule has 0 spiro atoms. The highest BCUT2D eigenvalue weighted by atomic mass is 31.2. The molecule has 0 aliphatic carbocycles. The van der Waals surface area contributed by atoms with Crippen LogP contribution in [-0.4, -0.2) is 47.4 Å². The lowest BCUT2D eigenvalue weighted by Crippen LogP contribution is -2.40. The molecule has 9 nitrogen and oxygen atoms in total. The number of carboxylic acid groups (broad SMARTS) is 1. The Hall–Kier alpha value is -1.93. The van der Waals surface area contributed by atoms with Gasteiger partial charge in [0.2, 0.25) is 5.91 Å². The quantitative estimate of drug-likeness (QED) is 0.253. The van der Waals surface area contributed by atoms with Gasteiger partial charge in [-0.3, -0.25) is 13.9 Å². The Morgan fingerprint density at radius 2 is 1.90 bits per heavy atom. The van der Waals surface area contributed by atoms with Crippen LogP contribution in [0.5, 0.6) is 5.75 Å². The molecule has 2 unspecified atom stereocenters. The fraction of sp³-hybridized carbons (Fsp3) is 0.600. The van der Waals surface area contributed by atoms with Crippen molar-refractivity contribution < 1.29 is 33.4 Å². The van der Waals surface area contributed by atoms with Gasteiger partial charge in [-0.15, -0.1) is 0 Å². The number of nitrogens with two attached hydrogens (primary N) is 1. The van der Waals surface area contributed by atoms with Gasteiger partial charge in [0.15, 0.2) is 6.10 Å². The van der Waals surface area contributed by atoms with Crippen molar-refractivity contribution in [1.82, 2.24) is 5.32 Å². The Balaban J connectivity index is 2.79. The maximum absolute atomic E-state index is 12.8. The number of carboxylic acids is 1. The zero-order chi connectivity index (χ0) is 22.7. The van der Waals surface area contributed by atoms with E-state index in [1.54, 1.807) is 27.0 Å². The van der Waals surface area contributed by atoms with Crippen LogP contribution >= 0.6 is 7.60 Å². The molecule has 1 aromatic carbocycles. The van der Waals surface area contributed by atoms with Crippen LogP contribution in [0, 0.1) is 5.92 Å². The van der Waals surface area contributed by atoms with Gasteiger partial charge in [-0.2, -0.15) is 0 Å². The fourth-order valence-corrected chi connectivity index (χ4v) is 4.72. The molecule has 1 rings (SSSR count). The molecule has 10 heteroatoms. The highest BCUT2D eigenvalue weighted by molar-refractivity contribution is 7.53. The van der Waals surface area contributed by atoms with Crippen LogP contribution in [0.4, 0.5) is 0 Å². The summed E-state index contributed by atoms with van der Waals surface area (Å²) in [5.41, 5.74) is 6.24. The van der Waals surface area contributed by atoms with Gasteiger partial charge in [-0.05, 0) is 49.8 Å². The number of unbranched alkanes of at least 4 members (excludes halogenated alkanes) is 1. The number of hydrogen-bond acceptors (Lipinski definition) is 6. The molecule has 1 aromatic rings. The van der Waals surface area contributed by atoms with Gasteiger partial charge in [-0.1, -0.05) is 32.0 Å². The molecular formula is C20H33N2O7P. The van der Waals surface area contributed by atoms with Crippen molar-refractivity contribution >= 4 is 19.5 Å². The van der Waals surface area contributed by atoms with Crippen molar-refractivity contribution in [3.05, 3.63) is 29.8 Å². The van der Waals surface area contributed by atoms with E-state index < -0.39 is 37.3 Å². The summed E-state index contributed by atoms with van der Waals surface area (Å²) in [6.07, 6.45) is 0.0978. The highest BCUT2D eigenvalue weighted by Crippen LogP contribution is 2.50. The number of aliphatic carboxylic acids is 1. The predicted octanol–water partition coefficient (Wildman–Crippen LogP) is 2.51. The predicted molar refractivity (Wildman–Crippen MR) is 113 cm³/mol. The largest absolute Gasteiger partial charge is 0.496 e. The van der Waals surface area contributed by atoms with Gasteiger partial charge in [0.1, 0.15) is 11.5 Å². The Bertz CT molecular complexity index is 742. The molecule has 170 valence electrons. The summed E-state index contributed by atoms with van der Waals surface area (Å²) in [6.45, 7) is 3.70. The smallest absolute Gasteiger partial charge is 0.351 e. The summed E-state index contributed by atoms with van der Waals surface area (Å²) in [5.74, 6) is -2.78. The average Bonchev–Trinajstić information content (AvgIpc) is 2.69. The molecule has 0 fully saturated rings. The van der Waals surface area contributed by atoms with E-state index in [2.05, 4.69) is 5.32 Å². The lowest BCUT2D eigenvalue weighted by Gasteiger charge is -2.28. The standard InChI is InChI=1S/C20H33N2O7P/c1-14(2)19(30(26,27)29-17(20(24)25)10-6-7-13-21)22-18(23)12-11-15-8-4-5-9-16(15)28-3/h4-5,8-9,14,17,19H,6-7,10-13,21H2,1-3H3,(H,22,23)(H,24,25)(H,26,27)/t17?,19-/m0/s1. The number of para-hydroxylation sites is 1. The lowest BCUT2D eigenvalue weighted by molar-refractivity contribution is -0.145. The van der Waals surface area contributed by atoms with Gasteiger partial charge in [-0.25, -0.2) is 4.79 Å². The number of ether oxygens (including phenoxy) is 1. The van der Waals surface area contributed by atoms with Crippen LogP contribution in [0.15, 0.2) is 24.3 Å². The Kier molecular flexibility index (Phi) is 11.0. The van der Waals surface area contributed by atoms with E-state index >= 15 is 0 Å². The van der Waals surface area contributed by atoms with Crippen LogP contribution in [-0.2, 0) is 25.1 Å². The van der Waals surface area contributed by atoms with Crippen LogP contribution in [0.3, 0.4) is 0 Å². The van der Waals surface area contributed by atoms with E-state index in [9.17, 15) is 24.2 Å². The minimum absolute atomic E-state index is 0.0592. The number of nitrogens with one attached hydrogen (secondary N) is 1. The highest BCUT2D eigenvalue weighted by Gasteiger charge is 2.40. The first-order chi connectivity index (χ1) is 14.1. The first-order valence-electron chi connectivity index (χ1n) is 9.97. The molecule has 0 aliphatic heterocycles. The van der Waals surface area contributed by atoms with Crippen LogP contribution < -0.4 is 15.8 Å². The number of carbonyl (C=O) groups excluding carboxylic acids is 1. The van der Waals surface area contributed by atoms with E-state index in [1.165, 1.54) is 0 Å². The molecule has 1 amide bonds. The van der Waals surface area contributed by atoms with Crippen molar-refractivity contribution in [2.45, 2.75) is 57.8 Å². The second kappa shape index (κ2) is 12.7. The Morgan fingerprint density at radius 1 is 1.23 bits per heavy atom. The number of aryl methyl sites for hydroxylation is 1. The van der Waals surface area contributed by atoms with Crippen molar-refractivity contribution in [1.29, 1.82) is 0 Å². The number of amides is 1.